The van der Waals surface area contributed by atoms with E-state index in [0.29, 0.717) is 6.54 Å². The van der Waals surface area contributed by atoms with Crippen LogP contribution in [-0.4, -0.2) is 53.8 Å². The smallest absolute Gasteiger partial charge is 0.194 e. The van der Waals surface area contributed by atoms with Gasteiger partial charge in [0, 0.05) is 49.6 Å². The zero-order valence-electron chi connectivity index (χ0n) is 14.3. The van der Waals surface area contributed by atoms with Crippen LogP contribution in [0.25, 0.3) is 0 Å². The third-order valence-corrected chi connectivity index (χ3v) is 4.28. The summed E-state index contributed by atoms with van der Waals surface area (Å²) in [5.74, 6) is 0.956. The summed E-state index contributed by atoms with van der Waals surface area (Å²) in [6.45, 7) is 7.33. The van der Waals surface area contributed by atoms with Crippen molar-refractivity contribution in [1.82, 2.24) is 20.4 Å². The van der Waals surface area contributed by atoms with E-state index in [0.717, 1.165) is 49.4 Å². The minimum absolute atomic E-state index is 0. The Morgan fingerprint density at radius 2 is 2.08 bits per heavy atom. The molecule has 0 saturated carbocycles. The zero-order valence-corrected chi connectivity index (χ0v) is 17.4. The first kappa shape index (κ1) is 19.8. The Hall–Kier alpha value is -1.48. The second kappa shape index (κ2) is 9.86. The van der Waals surface area contributed by atoms with Crippen LogP contribution in [0.2, 0.25) is 5.02 Å². The number of halogens is 2. The molecule has 0 aliphatic carbocycles. The van der Waals surface area contributed by atoms with Gasteiger partial charge in [-0.2, -0.15) is 5.10 Å². The quantitative estimate of drug-likeness (QED) is 0.406. The van der Waals surface area contributed by atoms with E-state index in [1.54, 1.807) is 6.20 Å². The van der Waals surface area contributed by atoms with Crippen molar-refractivity contribution in [3.8, 4) is 0 Å². The SMILES string of the molecule is CCNC(=NCc1ccn[nH]1)N1CCN(c2cccc(Cl)c2)CC1.I. The monoisotopic (exact) mass is 474 g/mol. The minimum Gasteiger partial charge on any atom is -0.368 e. The fourth-order valence-electron chi connectivity index (χ4n) is 2.81. The molecular formula is C17H24ClIN6. The average molecular weight is 475 g/mol. The fourth-order valence-corrected chi connectivity index (χ4v) is 2.99. The van der Waals surface area contributed by atoms with Gasteiger partial charge in [0.25, 0.3) is 0 Å². The van der Waals surface area contributed by atoms with E-state index >= 15 is 0 Å². The van der Waals surface area contributed by atoms with Gasteiger partial charge in [-0.3, -0.25) is 5.10 Å². The summed E-state index contributed by atoms with van der Waals surface area (Å²) in [4.78, 5) is 9.38. The van der Waals surface area contributed by atoms with E-state index in [1.165, 1.54) is 5.69 Å². The molecule has 25 heavy (non-hydrogen) atoms. The molecule has 0 atom stereocenters. The summed E-state index contributed by atoms with van der Waals surface area (Å²) < 4.78 is 0. The van der Waals surface area contributed by atoms with Gasteiger partial charge in [-0.1, -0.05) is 17.7 Å². The second-order valence-corrected chi connectivity index (χ2v) is 6.14. The normalized spacial score (nSPS) is 15.0. The van der Waals surface area contributed by atoms with E-state index in [9.17, 15) is 0 Å². The molecule has 1 fully saturated rings. The van der Waals surface area contributed by atoms with Crippen molar-refractivity contribution < 1.29 is 0 Å². The average Bonchev–Trinajstić information content (AvgIpc) is 3.12. The maximum absolute atomic E-state index is 6.10. The van der Waals surface area contributed by atoms with Gasteiger partial charge in [0.2, 0.25) is 0 Å². The molecule has 3 rings (SSSR count). The molecule has 6 nitrogen and oxygen atoms in total. The van der Waals surface area contributed by atoms with Crippen molar-refractivity contribution in [2.75, 3.05) is 37.6 Å². The van der Waals surface area contributed by atoms with Gasteiger partial charge in [0.1, 0.15) is 0 Å². The molecule has 0 amide bonds. The van der Waals surface area contributed by atoms with Crippen LogP contribution in [0.3, 0.4) is 0 Å². The highest BCUT2D eigenvalue weighted by Gasteiger charge is 2.19. The summed E-state index contributed by atoms with van der Waals surface area (Å²) in [5.41, 5.74) is 2.20. The van der Waals surface area contributed by atoms with E-state index in [1.807, 2.05) is 24.3 Å². The van der Waals surface area contributed by atoms with Crippen LogP contribution in [0.15, 0.2) is 41.5 Å². The summed E-state index contributed by atoms with van der Waals surface area (Å²) in [6, 6.07) is 9.99. The number of hydrogen-bond donors (Lipinski definition) is 2. The van der Waals surface area contributed by atoms with Crippen molar-refractivity contribution in [2.45, 2.75) is 13.5 Å². The number of hydrogen-bond acceptors (Lipinski definition) is 3. The predicted octanol–water partition coefficient (Wildman–Crippen LogP) is 2.97. The summed E-state index contributed by atoms with van der Waals surface area (Å²) >= 11 is 6.10. The van der Waals surface area contributed by atoms with Crippen LogP contribution in [0.1, 0.15) is 12.6 Å². The summed E-state index contributed by atoms with van der Waals surface area (Å²) in [7, 11) is 0. The Bertz CT molecular complexity index is 668. The molecule has 2 heterocycles. The van der Waals surface area contributed by atoms with Crippen LogP contribution in [0.4, 0.5) is 5.69 Å². The largest absolute Gasteiger partial charge is 0.368 e. The number of rotatable bonds is 4. The first-order valence-corrected chi connectivity index (χ1v) is 8.66. The second-order valence-electron chi connectivity index (χ2n) is 5.71. The van der Waals surface area contributed by atoms with Gasteiger partial charge in [0.15, 0.2) is 5.96 Å². The number of aromatic nitrogens is 2. The molecule has 0 bridgehead atoms. The third-order valence-electron chi connectivity index (χ3n) is 4.05. The topological polar surface area (TPSA) is 59.6 Å². The van der Waals surface area contributed by atoms with Gasteiger partial charge < -0.3 is 15.1 Å². The molecule has 1 aromatic heterocycles. The maximum atomic E-state index is 6.10. The number of H-pyrrole nitrogens is 1. The number of nitrogens with zero attached hydrogens (tertiary/aromatic N) is 4. The van der Waals surface area contributed by atoms with Gasteiger partial charge >= 0.3 is 0 Å². The predicted molar refractivity (Wildman–Crippen MR) is 114 cm³/mol. The van der Waals surface area contributed by atoms with Gasteiger partial charge in [-0.15, -0.1) is 24.0 Å². The third kappa shape index (κ3) is 5.50. The molecule has 136 valence electrons. The van der Waals surface area contributed by atoms with E-state index in [-0.39, 0.29) is 24.0 Å². The molecule has 0 spiro atoms. The van der Waals surface area contributed by atoms with Crippen LogP contribution < -0.4 is 10.2 Å². The van der Waals surface area contributed by atoms with Crippen LogP contribution in [0, 0.1) is 0 Å². The Balaban J connectivity index is 0.00000225. The molecule has 0 radical (unpaired) electrons. The number of aromatic amines is 1. The molecule has 1 aromatic carbocycles. The maximum Gasteiger partial charge on any atom is 0.194 e. The van der Waals surface area contributed by atoms with Gasteiger partial charge in [0.05, 0.1) is 12.2 Å². The lowest BCUT2D eigenvalue weighted by Gasteiger charge is -2.37. The Kier molecular flexibility index (Phi) is 7.83. The van der Waals surface area contributed by atoms with Crippen LogP contribution in [0.5, 0.6) is 0 Å². The first-order valence-electron chi connectivity index (χ1n) is 8.28. The number of anilines is 1. The van der Waals surface area contributed by atoms with Crippen molar-refractivity contribution in [3.05, 3.63) is 47.2 Å². The van der Waals surface area contributed by atoms with Crippen molar-refractivity contribution in [1.29, 1.82) is 0 Å². The molecule has 2 N–H and O–H groups in total. The standard InChI is InChI=1S/C17H23ClN6.HI/c1-2-19-17(20-13-15-6-7-21-22-15)24-10-8-23(9-11-24)16-5-3-4-14(18)12-16;/h3-7,12H,2,8-11,13H2,1H3,(H,19,20)(H,21,22);1H. The van der Waals surface area contributed by atoms with E-state index in [2.05, 4.69) is 38.3 Å². The number of benzene rings is 1. The number of nitrogens with one attached hydrogen (secondary N) is 2. The van der Waals surface area contributed by atoms with E-state index < -0.39 is 0 Å². The van der Waals surface area contributed by atoms with Crippen molar-refractivity contribution in [2.24, 2.45) is 4.99 Å². The first-order chi connectivity index (χ1) is 11.8. The number of aliphatic imine (C=N–C) groups is 1. The lowest BCUT2D eigenvalue weighted by molar-refractivity contribution is 0.372. The number of piperazine rings is 1. The molecule has 2 aromatic rings. The number of guanidine groups is 1. The summed E-state index contributed by atoms with van der Waals surface area (Å²) in [5, 5.41) is 11.1. The molecule has 1 aliphatic rings. The zero-order chi connectivity index (χ0) is 16.8. The summed E-state index contributed by atoms with van der Waals surface area (Å²) in [6.07, 6.45) is 1.75. The van der Waals surface area contributed by atoms with Crippen molar-refractivity contribution >= 4 is 47.2 Å². The van der Waals surface area contributed by atoms with Crippen molar-refractivity contribution in [3.63, 3.8) is 0 Å². The van der Waals surface area contributed by atoms with Gasteiger partial charge in [-0.25, -0.2) is 4.99 Å². The van der Waals surface area contributed by atoms with Crippen LogP contribution >= 0.6 is 35.6 Å². The Morgan fingerprint density at radius 3 is 2.72 bits per heavy atom. The molecule has 8 heteroatoms. The minimum atomic E-state index is 0. The lowest BCUT2D eigenvalue weighted by Crippen LogP contribution is -2.52. The Labute approximate surface area is 170 Å². The molecular weight excluding hydrogens is 451 g/mol. The van der Waals surface area contributed by atoms with Gasteiger partial charge in [-0.05, 0) is 31.2 Å². The Morgan fingerprint density at radius 1 is 1.28 bits per heavy atom. The highest BCUT2D eigenvalue weighted by molar-refractivity contribution is 14.0. The van der Waals surface area contributed by atoms with E-state index in [4.69, 9.17) is 16.6 Å². The molecule has 0 unspecified atom stereocenters. The highest BCUT2D eigenvalue weighted by atomic mass is 127. The highest BCUT2D eigenvalue weighted by Crippen LogP contribution is 2.20. The molecule has 1 aliphatic heterocycles. The molecule has 1 saturated heterocycles. The fraction of sp³-hybridized carbons (Fsp3) is 0.412. The van der Waals surface area contributed by atoms with Crippen LogP contribution in [-0.2, 0) is 6.54 Å². The lowest BCUT2D eigenvalue weighted by atomic mass is 10.2.